The normalized spacial score (nSPS) is 21.7. The third-order valence-corrected chi connectivity index (χ3v) is 8.34. The van der Waals surface area contributed by atoms with Gasteiger partial charge in [0.15, 0.2) is 11.8 Å². The van der Waals surface area contributed by atoms with Crippen molar-refractivity contribution in [2.24, 2.45) is 0 Å². The Balaban J connectivity index is 1.75. The van der Waals surface area contributed by atoms with E-state index >= 15 is 0 Å². The summed E-state index contributed by atoms with van der Waals surface area (Å²) in [6.07, 6.45) is 1.72. The number of carbonyl (C=O) groups is 2. The van der Waals surface area contributed by atoms with Crippen molar-refractivity contribution in [3.8, 4) is 11.9 Å². The molecule has 2 heterocycles. The van der Waals surface area contributed by atoms with Crippen LogP contribution in [-0.4, -0.2) is 24.0 Å². The highest BCUT2D eigenvalue weighted by atomic mass is 35.5. The van der Waals surface area contributed by atoms with Crippen molar-refractivity contribution in [1.82, 2.24) is 10.6 Å². The molecule has 2 unspecified atom stereocenters. The van der Waals surface area contributed by atoms with Crippen LogP contribution in [0.4, 0.5) is 10.1 Å². The Labute approximate surface area is 241 Å². The molecule has 0 radical (unpaired) electrons. The molecule has 0 aromatic heterocycles. The average molecular weight is 581 g/mol. The van der Waals surface area contributed by atoms with Gasteiger partial charge in [-0.05, 0) is 79.9 Å². The number of amides is 2. The predicted molar refractivity (Wildman–Crippen MR) is 151 cm³/mol. The second-order valence-corrected chi connectivity index (χ2v) is 11.6. The van der Waals surface area contributed by atoms with Crippen LogP contribution in [0.15, 0.2) is 54.6 Å². The minimum atomic E-state index is -1.42. The number of benzene rings is 3. The van der Waals surface area contributed by atoms with Gasteiger partial charge in [-0.25, -0.2) is 4.39 Å². The van der Waals surface area contributed by atoms with Gasteiger partial charge >= 0.3 is 0 Å². The van der Waals surface area contributed by atoms with E-state index in [4.69, 9.17) is 33.2 Å². The van der Waals surface area contributed by atoms with Gasteiger partial charge in [-0.3, -0.25) is 14.9 Å². The molecular formula is C30H27Cl2FN4O3. The van der Waals surface area contributed by atoms with Crippen LogP contribution in [0.5, 0.6) is 5.75 Å². The molecule has 206 valence electrons. The van der Waals surface area contributed by atoms with E-state index in [0.29, 0.717) is 33.5 Å². The number of ether oxygens (including phenoxy) is 1. The van der Waals surface area contributed by atoms with E-state index in [2.05, 4.69) is 16.0 Å². The lowest BCUT2D eigenvalue weighted by Gasteiger charge is -2.48. The molecule has 1 saturated heterocycles. The first-order chi connectivity index (χ1) is 19.0. The molecule has 7 nitrogen and oxygen atoms in total. The van der Waals surface area contributed by atoms with Crippen molar-refractivity contribution >= 4 is 40.7 Å². The number of fused-ring (bicyclic) bond motifs is 2. The second-order valence-electron chi connectivity index (χ2n) is 10.7. The molecule has 3 atom stereocenters. The van der Waals surface area contributed by atoms with E-state index in [-0.39, 0.29) is 12.3 Å². The molecule has 1 fully saturated rings. The van der Waals surface area contributed by atoms with Crippen molar-refractivity contribution < 1.29 is 18.7 Å². The van der Waals surface area contributed by atoms with Crippen molar-refractivity contribution in [2.75, 3.05) is 11.9 Å². The van der Waals surface area contributed by atoms with E-state index in [1.807, 2.05) is 19.1 Å². The lowest BCUT2D eigenvalue weighted by Crippen LogP contribution is -2.55. The maximum absolute atomic E-state index is 14.6. The average Bonchev–Trinajstić information content (AvgIpc) is 3.26. The van der Waals surface area contributed by atoms with Crippen LogP contribution in [0.3, 0.4) is 0 Å². The summed E-state index contributed by atoms with van der Waals surface area (Å²) >= 11 is 12.9. The first-order valence-corrected chi connectivity index (χ1v) is 13.5. The van der Waals surface area contributed by atoms with E-state index in [0.717, 1.165) is 16.8 Å². The summed E-state index contributed by atoms with van der Waals surface area (Å²) in [7, 11) is 0. The minimum absolute atomic E-state index is 0.0795. The van der Waals surface area contributed by atoms with Crippen molar-refractivity contribution in [3.05, 3.63) is 92.7 Å². The lowest BCUT2D eigenvalue weighted by molar-refractivity contribution is -0.133. The number of nitrogens with zero attached hydrogens (tertiary/aromatic N) is 1. The Bertz CT molecular complexity index is 1570. The molecule has 0 bridgehead atoms. The number of piperidine rings is 1. The largest absolute Gasteiger partial charge is 0.478 e. The van der Waals surface area contributed by atoms with Gasteiger partial charge in [-0.2, -0.15) is 5.26 Å². The highest BCUT2D eigenvalue weighted by molar-refractivity contribution is 6.31. The molecule has 5 rings (SSSR count). The van der Waals surface area contributed by atoms with Gasteiger partial charge in [0.2, 0.25) is 5.91 Å². The van der Waals surface area contributed by atoms with Crippen LogP contribution in [0, 0.1) is 24.2 Å². The number of nitriles is 1. The maximum Gasteiger partial charge on any atom is 0.276 e. The number of nitrogens with one attached hydrogen (secondary N) is 3. The molecular weight excluding hydrogens is 554 g/mol. The first kappa shape index (κ1) is 27.8. The zero-order valence-electron chi connectivity index (χ0n) is 22.1. The summed E-state index contributed by atoms with van der Waals surface area (Å²) in [6, 6.07) is 14.5. The van der Waals surface area contributed by atoms with Crippen molar-refractivity contribution in [3.63, 3.8) is 0 Å². The number of rotatable bonds is 5. The van der Waals surface area contributed by atoms with Crippen LogP contribution < -0.4 is 20.7 Å². The zero-order chi connectivity index (χ0) is 28.8. The Morgan fingerprint density at radius 2 is 1.85 bits per heavy atom. The number of halogens is 3. The summed E-state index contributed by atoms with van der Waals surface area (Å²) in [5.41, 5.74) is 1.58. The monoisotopic (exact) mass is 580 g/mol. The summed E-state index contributed by atoms with van der Waals surface area (Å²) < 4.78 is 20.9. The van der Waals surface area contributed by atoms with E-state index in [9.17, 15) is 14.0 Å². The number of anilines is 1. The van der Waals surface area contributed by atoms with Gasteiger partial charge < -0.3 is 15.4 Å². The van der Waals surface area contributed by atoms with Gasteiger partial charge in [0.1, 0.15) is 11.6 Å². The topological polar surface area (TPSA) is 103 Å². The van der Waals surface area contributed by atoms with Crippen LogP contribution in [0.25, 0.3) is 0 Å². The highest BCUT2D eigenvalue weighted by Gasteiger charge is 2.56. The summed E-state index contributed by atoms with van der Waals surface area (Å²) in [6.45, 7) is 5.38. The fourth-order valence-electron chi connectivity index (χ4n) is 5.96. The number of aryl methyl sites for hydroxylation is 1. The van der Waals surface area contributed by atoms with Crippen molar-refractivity contribution in [1.29, 1.82) is 5.26 Å². The second kappa shape index (κ2) is 10.3. The molecule has 2 aliphatic rings. The predicted octanol–water partition coefficient (Wildman–Crippen LogP) is 5.90. The van der Waals surface area contributed by atoms with Crippen LogP contribution in [0.1, 0.15) is 54.5 Å². The third-order valence-electron chi connectivity index (χ3n) is 7.87. The molecule has 2 amide bonds. The standard InChI is InChI=1S/C30H27Cl2FN4O3/c1-16-4-7-19(33)12-20(16)27-30(14-35-24-11-18(32)5-8-22(24)30)23(13-26(38)37-27)21-10-17(31)6-9-25(21)40-29(2,3)28(39)36-15-34/h4-12,23,27,35H,13-14H2,1-3H3,(H,36,39)(H,37,38)/t23?,27?,30-/m0/s1. The molecule has 3 aromatic rings. The fourth-order valence-corrected chi connectivity index (χ4v) is 6.32. The van der Waals surface area contributed by atoms with Gasteiger partial charge in [0.05, 0.1) is 6.04 Å². The first-order valence-electron chi connectivity index (χ1n) is 12.7. The van der Waals surface area contributed by atoms with Gasteiger partial charge in [-0.15, -0.1) is 0 Å². The molecule has 1 spiro atoms. The SMILES string of the molecule is Cc1ccc(F)cc1C1NC(=O)CC(c2cc(Cl)ccc2OC(C)(C)C(=O)NC#N)[C@@]12CNc1cc(Cl)ccc12. The molecule has 3 N–H and O–H groups in total. The molecule has 2 aliphatic heterocycles. The van der Waals surface area contributed by atoms with Crippen molar-refractivity contribution in [2.45, 2.75) is 50.2 Å². The number of hydrogen-bond acceptors (Lipinski definition) is 5. The summed E-state index contributed by atoms with van der Waals surface area (Å²) in [5.74, 6) is -1.42. The van der Waals surface area contributed by atoms with E-state index in [1.165, 1.54) is 12.1 Å². The molecule has 40 heavy (non-hydrogen) atoms. The highest BCUT2D eigenvalue weighted by Crippen LogP contribution is 2.58. The summed E-state index contributed by atoms with van der Waals surface area (Å²) in [5, 5.41) is 18.7. The van der Waals surface area contributed by atoms with Gasteiger partial charge in [0, 0.05) is 45.6 Å². The maximum atomic E-state index is 14.6. The Morgan fingerprint density at radius 3 is 2.60 bits per heavy atom. The lowest BCUT2D eigenvalue weighted by atomic mass is 9.59. The van der Waals surface area contributed by atoms with Crippen LogP contribution in [0.2, 0.25) is 10.0 Å². The fraction of sp³-hybridized carbons (Fsp3) is 0.300. The smallest absolute Gasteiger partial charge is 0.276 e. The zero-order valence-corrected chi connectivity index (χ0v) is 23.6. The van der Waals surface area contributed by atoms with Gasteiger partial charge in [-0.1, -0.05) is 35.3 Å². The minimum Gasteiger partial charge on any atom is -0.478 e. The molecule has 10 heteroatoms. The number of hydrogen-bond donors (Lipinski definition) is 3. The number of carbonyl (C=O) groups excluding carboxylic acids is 2. The Kier molecular flexibility index (Phi) is 7.15. The van der Waals surface area contributed by atoms with Crippen LogP contribution >= 0.6 is 23.2 Å². The third kappa shape index (κ3) is 4.74. The van der Waals surface area contributed by atoms with Gasteiger partial charge in [0.25, 0.3) is 5.91 Å². The Morgan fingerprint density at radius 1 is 1.12 bits per heavy atom. The van der Waals surface area contributed by atoms with E-state index in [1.54, 1.807) is 50.4 Å². The molecule has 0 saturated carbocycles. The van der Waals surface area contributed by atoms with E-state index < -0.39 is 34.7 Å². The Hall–Kier alpha value is -3.80. The van der Waals surface area contributed by atoms with Crippen LogP contribution in [-0.2, 0) is 15.0 Å². The quantitative estimate of drug-likeness (QED) is 0.257. The summed E-state index contributed by atoms with van der Waals surface area (Å²) in [4.78, 5) is 26.0. The molecule has 0 aliphatic carbocycles. The molecule has 3 aromatic carbocycles.